The first kappa shape index (κ1) is 16.3. The summed E-state index contributed by atoms with van der Waals surface area (Å²) >= 11 is 1.85. The van der Waals surface area contributed by atoms with Crippen molar-refractivity contribution in [2.24, 2.45) is 0 Å². The molecule has 5 rings (SSSR count). The number of benzene rings is 3. The molecule has 0 atom stereocenters. The van der Waals surface area contributed by atoms with Crippen LogP contribution in [-0.2, 0) is 9.31 Å². The highest BCUT2D eigenvalue weighted by Gasteiger charge is 2.52. The number of hydrogen-bond acceptors (Lipinski definition) is 3. The second-order valence-electron chi connectivity index (χ2n) is 8.10. The fourth-order valence-electron chi connectivity index (χ4n) is 3.70. The molecule has 4 aromatic rings. The minimum atomic E-state index is -0.337. The maximum atomic E-state index is 6.31. The first-order valence-corrected chi connectivity index (χ1v) is 9.87. The van der Waals surface area contributed by atoms with Gasteiger partial charge in [-0.3, -0.25) is 0 Å². The Morgan fingerprint density at radius 3 is 2.23 bits per heavy atom. The summed E-state index contributed by atoms with van der Waals surface area (Å²) in [6, 6.07) is 19.6. The topological polar surface area (TPSA) is 18.5 Å². The molecule has 3 aromatic carbocycles. The van der Waals surface area contributed by atoms with E-state index in [0.717, 1.165) is 5.46 Å². The van der Waals surface area contributed by atoms with Crippen LogP contribution >= 0.6 is 11.3 Å². The third kappa shape index (κ3) is 2.26. The molecule has 1 aliphatic rings. The molecule has 0 N–H and O–H groups in total. The Labute approximate surface area is 157 Å². The summed E-state index contributed by atoms with van der Waals surface area (Å²) in [7, 11) is -0.337. The van der Waals surface area contributed by atoms with Crippen LogP contribution in [0.15, 0.2) is 54.6 Å². The van der Waals surface area contributed by atoms with Crippen molar-refractivity contribution in [3.05, 3.63) is 54.6 Å². The number of thiophene rings is 1. The highest BCUT2D eigenvalue weighted by Crippen LogP contribution is 2.39. The van der Waals surface area contributed by atoms with Gasteiger partial charge in [0.2, 0.25) is 0 Å². The summed E-state index contributed by atoms with van der Waals surface area (Å²) in [4.78, 5) is 0. The molecule has 26 heavy (non-hydrogen) atoms. The Morgan fingerprint density at radius 1 is 0.731 bits per heavy atom. The number of hydrogen-bond donors (Lipinski definition) is 0. The Bertz CT molecular complexity index is 1140. The molecule has 0 amide bonds. The van der Waals surface area contributed by atoms with Gasteiger partial charge in [-0.1, -0.05) is 36.4 Å². The van der Waals surface area contributed by atoms with Gasteiger partial charge in [-0.2, -0.15) is 0 Å². The van der Waals surface area contributed by atoms with Crippen LogP contribution in [0.5, 0.6) is 0 Å². The standard InChI is InChI=1S/C22H21BO2S/c1-21(2)22(3,4)25-23(24-21)18-10-7-8-14-12-17-15-9-5-6-11-19(15)26-20(17)13-16(14)18/h5-13H,1-4H3. The predicted octanol–water partition coefficient (Wildman–Crippen LogP) is 5.51. The van der Waals surface area contributed by atoms with E-state index in [9.17, 15) is 0 Å². The van der Waals surface area contributed by atoms with Gasteiger partial charge in [0.15, 0.2) is 0 Å². The van der Waals surface area contributed by atoms with E-state index in [0.29, 0.717) is 0 Å². The molecule has 1 saturated heterocycles. The predicted molar refractivity (Wildman–Crippen MR) is 113 cm³/mol. The van der Waals surface area contributed by atoms with Gasteiger partial charge in [-0.25, -0.2) is 0 Å². The van der Waals surface area contributed by atoms with Crippen LogP contribution < -0.4 is 5.46 Å². The molecule has 2 nitrogen and oxygen atoms in total. The Kier molecular flexibility index (Phi) is 3.34. The van der Waals surface area contributed by atoms with Gasteiger partial charge in [0, 0.05) is 20.2 Å². The smallest absolute Gasteiger partial charge is 0.399 e. The zero-order valence-electron chi connectivity index (χ0n) is 15.5. The van der Waals surface area contributed by atoms with Crippen molar-refractivity contribution in [3.63, 3.8) is 0 Å². The lowest BCUT2D eigenvalue weighted by Crippen LogP contribution is -2.41. The van der Waals surface area contributed by atoms with E-state index in [-0.39, 0.29) is 18.3 Å². The number of rotatable bonds is 1. The fraction of sp³-hybridized carbons (Fsp3) is 0.273. The molecule has 1 fully saturated rings. The van der Waals surface area contributed by atoms with E-state index in [1.165, 1.54) is 30.9 Å². The molecule has 1 aliphatic heterocycles. The maximum absolute atomic E-state index is 6.31. The first-order chi connectivity index (χ1) is 12.4. The highest BCUT2D eigenvalue weighted by molar-refractivity contribution is 7.25. The minimum Gasteiger partial charge on any atom is -0.399 e. The van der Waals surface area contributed by atoms with Crippen LogP contribution in [0.4, 0.5) is 0 Å². The molecule has 4 heteroatoms. The lowest BCUT2D eigenvalue weighted by molar-refractivity contribution is 0.00578. The molecule has 0 aliphatic carbocycles. The molecule has 130 valence electrons. The van der Waals surface area contributed by atoms with Gasteiger partial charge in [-0.05, 0) is 62.1 Å². The van der Waals surface area contributed by atoms with Gasteiger partial charge < -0.3 is 9.31 Å². The summed E-state index contributed by atoms with van der Waals surface area (Å²) in [5.41, 5.74) is 0.448. The van der Waals surface area contributed by atoms with E-state index in [1.54, 1.807) is 0 Å². The molecular weight excluding hydrogens is 339 g/mol. The van der Waals surface area contributed by atoms with Crippen molar-refractivity contribution in [3.8, 4) is 0 Å². The van der Waals surface area contributed by atoms with Crippen molar-refractivity contribution in [2.45, 2.75) is 38.9 Å². The van der Waals surface area contributed by atoms with Crippen molar-refractivity contribution in [1.29, 1.82) is 0 Å². The van der Waals surface area contributed by atoms with Gasteiger partial charge in [0.1, 0.15) is 0 Å². The van der Waals surface area contributed by atoms with Gasteiger partial charge in [-0.15, -0.1) is 11.3 Å². The van der Waals surface area contributed by atoms with E-state index in [1.807, 2.05) is 11.3 Å². The third-order valence-electron chi connectivity index (χ3n) is 5.92. The molecule has 0 unspecified atom stereocenters. The zero-order valence-corrected chi connectivity index (χ0v) is 16.3. The van der Waals surface area contributed by atoms with Crippen LogP contribution in [0.25, 0.3) is 30.9 Å². The van der Waals surface area contributed by atoms with E-state index in [4.69, 9.17) is 9.31 Å². The molecular formula is C22H21BO2S. The largest absolute Gasteiger partial charge is 0.495 e. The van der Waals surface area contributed by atoms with Crippen LogP contribution in [-0.4, -0.2) is 18.3 Å². The summed E-state index contributed by atoms with van der Waals surface area (Å²) in [6.45, 7) is 8.40. The third-order valence-corrected chi connectivity index (χ3v) is 7.05. The van der Waals surface area contributed by atoms with Crippen LogP contribution in [0.3, 0.4) is 0 Å². The van der Waals surface area contributed by atoms with E-state index < -0.39 is 0 Å². The van der Waals surface area contributed by atoms with E-state index >= 15 is 0 Å². The Hall–Kier alpha value is -1.88. The van der Waals surface area contributed by atoms with Gasteiger partial charge >= 0.3 is 7.12 Å². The van der Waals surface area contributed by atoms with Crippen LogP contribution in [0.2, 0.25) is 0 Å². The molecule has 0 saturated carbocycles. The normalized spacial score (nSPS) is 19.0. The molecule has 0 spiro atoms. The van der Waals surface area contributed by atoms with Crippen molar-refractivity contribution in [1.82, 2.24) is 0 Å². The lowest BCUT2D eigenvalue weighted by atomic mass is 9.76. The Balaban J connectivity index is 1.73. The van der Waals surface area contributed by atoms with Crippen molar-refractivity contribution >= 4 is 54.9 Å². The summed E-state index contributed by atoms with van der Waals surface area (Å²) in [5.74, 6) is 0. The molecule has 0 bridgehead atoms. The summed E-state index contributed by atoms with van der Waals surface area (Å²) in [5, 5.41) is 5.10. The average Bonchev–Trinajstić information content (AvgIpc) is 3.05. The van der Waals surface area contributed by atoms with Crippen LogP contribution in [0, 0.1) is 0 Å². The fourth-order valence-corrected chi connectivity index (χ4v) is 4.82. The lowest BCUT2D eigenvalue weighted by Gasteiger charge is -2.32. The summed E-state index contributed by atoms with van der Waals surface area (Å²) in [6.07, 6.45) is 0. The molecule has 1 aromatic heterocycles. The molecule has 2 heterocycles. The minimum absolute atomic E-state index is 0.332. The highest BCUT2D eigenvalue weighted by atomic mass is 32.1. The Morgan fingerprint density at radius 2 is 1.46 bits per heavy atom. The monoisotopic (exact) mass is 360 g/mol. The quantitative estimate of drug-likeness (QED) is 0.417. The van der Waals surface area contributed by atoms with Crippen molar-refractivity contribution < 1.29 is 9.31 Å². The van der Waals surface area contributed by atoms with Gasteiger partial charge in [0.25, 0.3) is 0 Å². The second kappa shape index (κ2) is 5.32. The van der Waals surface area contributed by atoms with Crippen molar-refractivity contribution in [2.75, 3.05) is 0 Å². The van der Waals surface area contributed by atoms with Crippen LogP contribution in [0.1, 0.15) is 27.7 Å². The average molecular weight is 360 g/mol. The second-order valence-corrected chi connectivity index (χ2v) is 9.19. The maximum Gasteiger partial charge on any atom is 0.495 e. The van der Waals surface area contributed by atoms with E-state index in [2.05, 4.69) is 82.3 Å². The number of fused-ring (bicyclic) bond motifs is 4. The van der Waals surface area contributed by atoms with Gasteiger partial charge in [0.05, 0.1) is 11.2 Å². The SMILES string of the molecule is CC1(C)OB(c2cccc3cc4c(cc23)sc2ccccc24)OC1(C)C. The summed E-state index contributed by atoms with van der Waals surface area (Å²) < 4.78 is 15.3. The molecule has 0 radical (unpaired) electrons. The first-order valence-electron chi connectivity index (χ1n) is 9.05. The zero-order chi connectivity index (χ0) is 18.1.